The van der Waals surface area contributed by atoms with Crippen molar-refractivity contribution in [3.8, 4) is 0 Å². The number of amides is 2. The number of carbonyl (C=O) groups excluding carboxylic acids is 2. The van der Waals surface area contributed by atoms with Crippen molar-refractivity contribution >= 4 is 23.2 Å². The van der Waals surface area contributed by atoms with Crippen LogP contribution in [-0.2, 0) is 16.0 Å². The van der Waals surface area contributed by atoms with Crippen LogP contribution in [0, 0.1) is 22.0 Å². The minimum absolute atomic E-state index is 0.00414. The predicted molar refractivity (Wildman–Crippen MR) is 126 cm³/mol. The van der Waals surface area contributed by atoms with E-state index in [0.717, 1.165) is 50.1 Å². The van der Waals surface area contributed by atoms with E-state index in [2.05, 4.69) is 29.0 Å². The molecule has 1 aromatic rings. The summed E-state index contributed by atoms with van der Waals surface area (Å²) in [7, 11) is 0. The third-order valence-corrected chi connectivity index (χ3v) is 7.17. The van der Waals surface area contributed by atoms with E-state index in [-0.39, 0.29) is 34.4 Å². The van der Waals surface area contributed by atoms with Crippen LogP contribution < -0.4 is 10.2 Å². The molecule has 9 heteroatoms. The van der Waals surface area contributed by atoms with Gasteiger partial charge in [-0.25, -0.2) is 0 Å². The smallest absolute Gasteiger partial charge is 0.269 e. The summed E-state index contributed by atoms with van der Waals surface area (Å²) in [5.41, 5.74) is 1.88. The molecule has 0 bridgehead atoms. The molecule has 0 saturated carbocycles. The first-order valence-electron chi connectivity index (χ1n) is 12.1. The van der Waals surface area contributed by atoms with Crippen molar-refractivity contribution in [3.05, 3.63) is 33.9 Å². The molecule has 4 rings (SSSR count). The van der Waals surface area contributed by atoms with E-state index in [4.69, 9.17) is 0 Å². The molecule has 3 aliphatic heterocycles. The van der Waals surface area contributed by atoms with Crippen LogP contribution in [0.15, 0.2) is 18.2 Å². The summed E-state index contributed by atoms with van der Waals surface area (Å²) >= 11 is 0. The number of fused-ring (bicyclic) bond motifs is 3. The van der Waals surface area contributed by atoms with E-state index >= 15 is 0 Å². The molecule has 3 aliphatic rings. The first kappa shape index (κ1) is 23.5. The van der Waals surface area contributed by atoms with Gasteiger partial charge in [-0.05, 0) is 43.2 Å². The Morgan fingerprint density at radius 2 is 1.94 bits per heavy atom. The average Bonchev–Trinajstić information content (AvgIpc) is 3.33. The van der Waals surface area contributed by atoms with Crippen LogP contribution >= 0.6 is 0 Å². The average molecular weight is 458 g/mol. The second-order valence-electron chi connectivity index (χ2n) is 9.94. The van der Waals surface area contributed by atoms with E-state index in [1.807, 2.05) is 11.0 Å². The number of hydrogen-bond donors (Lipinski definition) is 1. The second-order valence-corrected chi connectivity index (χ2v) is 9.94. The van der Waals surface area contributed by atoms with Gasteiger partial charge in [0.25, 0.3) is 5.69 Å². The molecule has 180 valence electrons. The van der Waals surface area contributed by atoms with Gasteiger partial charge in [-0.3, -0.25) is 24.6 Å². The third kappa shape index (κ3) is 5.29. The zero-order valence-corrected chi connectivity index (χ0v) is 19.7. The molecule has 33 heavy (non-hydrogen) atoms. The van der Waals surface area contributed by atoms with Crippen molar-refractivity contribution in [1.29, 1.82) is 0 Å². The van der Waals surface area contributed by atoms with Crippen molar-refractivity contribution in [1.82, 2.24) is 15.1 Å². The van der Waals surface area contributed by atoms with Crippen molar-refractivity contribution in [2.45, 2.75) is 45.6 Å². The molecule has 2 atom stereocenters. The van der Waals surface area contributed by atoms with Crippen molar-refractivity contribution in [2.75, 3.05) is 50.7 Å². The fourth-order valence-corrected chi connectivity index (χ4v) is 5.30. The van der Waals surface area contributed by atoms with Crippen LogP contribution in [0.3, 0.4) is 0 Å². The molecular weight excluding hydrogens is 422 g/mol. The summed E-state index contributed by atoms with van der Waals surface area (Å²) in [4.78, 5) is 43.2. The van der Waals surface area contributed by atoms with Gasteiger partial charge in [0.1, 0.15) is 0 Å². The number of carbonyl (C=O) groups is 2. The minimum Gasteiger partial charge on any atom is -0.365 e. The fraction of sp³-hybridized carbons (Fsp3) is 0.667. The number of hydrogen-bond acceptors (Lipinski definition) is 6. The van der Waals surface area contributed by atoms with Gasteiger partial charge in [-0.2, -0.15) is 0 Å². The molecule has 3 heterocycles. The number of nitrogens with zero attached hydrogens (tertiary/aromatic N) is 4. The maximum Gasteiger partial charge on any atom is 0.269 e. The molecule has 2 fully saturated rings. The number of nitro benzene ring substituents is 1. The first-order valence-corrected chi connectivity index (χ1v) is 12.1. The summed E-state index contributed by atoms with van der Waals surface area (Å²) in [5.74, 6) is 0.357. The lowest BCUT2D eigenvalue weighted by Crippen LogP contribution is -2.62. The molecule has 0 radical (unpaired) electrons. The van der Waals surface area contributed by atoms with E-state index in [1.54, 1.807) is 12.1 Å². The molecule has 0 aliphatic carbocycles. The maximum atomic E-state index is 13.2. The van der Waals surface area contributed by atoms with E-state index in [9.17, 15) is 19.7 Å². The SMILES string of the molecule is CC(C)CCNC(=O)[C@H]1Cc2cc([N+](=O)[O-])ccc2N2CCN(CC(=O)N3CCCC3)C[C@@H]12. The summed E-state index contributed by atoms with van der Waals surface area (Å²) in [6, 6.07) is 4.92. The number of likely N-dealkylation sites (tertiary alicyclic amines) is 1. The molecule has 0 spiro atoms. The predicted octanol–water partition coefficient (Wildman–Crippen LogP) is 2.04. The molecule has 1 N–H and O–H groups in total. The topological polar surface area (TPSA) is 99.0 Å². The Balaban J connectivity index is 1.53. The maximum absolute atomic E-state index is 13.2. The van der Waals surface area contributed by atoms with Gasteiger partial charge in [0, 0.05) is 57.1 Å². The minimum atomic E-state index is -0.383. The van der Waals surface area contributed by atoms with Gasteiger partial charge in [0.2, 0.25) is 11.8 Å². The van der Waals surface area contributed by atoms with E-state index in [1.165, 1.54) is 0 Å². The number of anilines is 1. The van der Waals surface area contributed by atoms with Crippen molar-refractivity contribution in [2.24, 2.45) is 11.8 Å². The molecule has 0 aromatic heterocycles. The molecule has 2 saturated heterocycles. The monoisotopic (exact) mass is 457 g/mol. The van der Waals surface area contributed by atoms with Crippen LogP contribution in [0.2, 0.25) is 0 Å². The largest absolute Gasteiger partial charge is 0.365 e. The highest BCUT2D eigenvalue weighted by Crippen LogP contribution is 2.38. The number of nitrogens with one attached hydrogen (secondary N) is 1. The van der Waals surface area contributed by atoms with Gasteiger partial charge in [-0.15, -0.1) is 0 Å². The van der Waals surface area contributed by atoms with Gasteiger partial charge >= 0.3 is 0 Å². The number of benzene rings is 1. The highest BCUT2D eigenvalue weighted by molar-refractivity contribution is 5.82. The lowest BCUT2D eigenvalue weighted by molar-refractivity contribution is -0.384. The van der Waals surface area contributed by atoms with Crippen molar-refractivity contribution < 1.29 is 14.5 Å². The molecule has 2 amide bonds. The van der Waals surface area contributed by atoms with Gasteiger partial charge < -0.3 is 15.1 Å². The number of rotatable bonds is 7. The van der Waals surface area contributed by atoms with Crippen LogP contribution in [0.25, 0.3) is 0 Å². The Morgan fingerprint density at radius 1 is 1.18 bits per heavy atom. The Labute approximate surface area is 195 Å². The molecule has 9 nitrogen and oxygen atoms in total. The van der Waals surface area contributed by atoms with Crippen LogP contribution in [0.5, 0.6) is 0 Å². The van der Waals surface area contributed by atoms with E-state index < -0.39 is 0 Å². The quantitative estimate of drug-likeness (QED) is 0.497. The Bertz CT molecular complexity index is 899. The van der Waals surface area contributed by atoms with Crippen LogP contribution in [0.4, 0.5) is 11.4 Å². The number of non-ortho nitro benzene ring substituents is 1. The Morgan fingerprint density at radius 3 is 2.64 bits per heavy atom. The summed E-state index contributed by atoms with van der Waals surface area (Å²) in [5, 5.41) is 14.4. The number of nitro groups is 1. The highest BCUT2D eigenvalue weighted by atomic mass is 16.6. The van der Waals surface area contributed by atoms with E-state index in [0.29, 0.717) is 38.5 Å². The third-order valence-electron chi connectivity index (χ3n) is 7.17. The standard InChI is InChI=1S/C24H35N5O4/c1-17(2)7-8-25-24(31)20-14-18-13-19(29(32)33)5-6-21(18)28-12-11-26(15-22(20)28)16-23(30)27-9-3-4-10-27/h5-6,13,17,20,22H,3-4,7-12,14-16H2,1-2H3,(H,25,31)/t20-,22-/m0/s1. The summed E-state index contributed by atoms with van der Waals surface area (Å²) < 4.78 is 0. The Hall–Kier alpha value is -2.68. The lowest BCUT2D eigenvalue weighted by Gasteiger charge is -2.49. The number of piperazine rings is 1. The van der Waals surface area contributed by atoms with Gasteiger partial charge in [0.15, 0.2) is 0 Å². The second kappa shape index (κ2) is 10.1. The highest BCUT2D eigenvalue weighted by Gasteiger charge is 2.42. The van der Waals surface area contributed by atoms with Crippen molar-refractivity contribution in [3.63, 3.8) is 0 Å². The zero-order valence-electron chi connectivity index (χ0n) is 19.7. The summed E-state index contributed by atoms with van der Waals surface area (Å²) in [6.45, 7) is 9.01. The van der Waals surface area contributed by atoms with Crippen LogP contribution in [-0.4, -0.2) is 78.4 Å². The van der Waals surface area contributed by atoms with Gasteiger partial charge in [-0.1, -0.05) is 13.8 Å². The van der Waals surface area contributed by atoms with Gasteiger partial charge in [0.05, 0.1) is 23.4 Å². The van der Waals surface area contributed by atoms with Crippen LogP contribution in [0.1, 0.15) is 38.7 Å². The molecular formula is C24H35N5O4. The normalized spacial score (nSPS) is 22.8. The molecule has 1 aromatic carbocycles. The zero-order chi connectivity index (χ0) is 23.5. The first-order chi connectivity index (χ1) is 15.8. The lowest BCUT2D eigenvalue weighted by atomic mass is 9.83. The fourth-order valence-electron chi connectivity index (χ4n) is 5.30. The summed E-state index contributed by atoms with van der Waals surface area (Å²) in [6.07, 6.45) is 3.53. The molecule has 0 unspecified atom stereocenters. The Kier molecular flexibility index (Phi) is 7.17.